The number of hydrogen-bond acceptors (Lipinski definition) is 3. The van der Waals surface area contributed by atoms with Gasteiger partial charge < -0.3 is 9.84 Å². The van der Waals surface area contributed by atoms with Crippen molar-refractivity contribution in [3.8, 4) is 0 Å². The lowest BCUT2D eigenvalue weighted by molar-refractivity contribution is -0.164. The van der Waals surface area contributed by atoms with Crippen LogP contribution < -0.4 is 0 Å². The van der Waals surface area contributed by atoms with Gasteiger partial charge in [0.25, 0.3) is 0 Å². The van der Waals surface area contributed by atoms with Crippen LogP contribution in [-0.2, 0) is 15.1 Å². The molecule has 0 radical (unpaired) electrons. The van der Waals surface area contributed by atoms with E-state index in [0.29, 0.717) is 12.2 Å². The van der Waals surface area contributed by atoms with Crippen LogP contribution >= 0.6 is 0 Å². The first-order valence-electron chi connectivity index (χ1n) is 7.54. The largest absolute Gasteiger partial charge is 0.463 e. The maximum absolute atomic E-state index is 11.9. The van der Waals surface area contributed by atoms with Crippen molar-refractivity contribution < 1.29 is 14.6 Å². The number of rotatable bonds is 9. The zero-order chi connectivity index (χ0) is 14.8. The van der Waals surface area contributed by atoms with Crippen molar-refractivity contribution in [3.63, 3.8) is 0 Å². The molecule has 1 unspecified atom stereocenters. The average molecular weight is 278 g/mol. The van der Waals surface area contributed by atoms with Crippen molar-refractivity contribution >= 4 is 5.97 Å². The summed E-state index contributed by atoms with van der Waals surface area (Å²) >= 11 is 0. The van der Waals surface area contributed by atoms with Crippen molar-refractivity contribution in [1.82, 2.24) is 0 Å². The molecule has 0 bridgehead atoms. The van der Waals surface area contributed by atoms with Crippen molar-refractivity contribution in [2.75, 3.05) is 6.61 Å². The highest BCUT2D eigenvalue weighted by Gasteiger charge is 2.33. The van der Waals surface area contributed by atoms with Gasteiger partial charge in [0.2, 0.25) is 0 Å². The first kappa shape index (κ1) is 16.7. The number of carbonyl (C=O) groups excluding carboxylic acids is 1. The SMILES string of the molecule is CCCCCCCCOC(=O)C(C)(O)c1ccccc1. The summed E-state index contributed by atoms with van der Waals surface area (Å²) in [4.78, 5) is 11.9. The Hall–Kier alpha value is -1.35. The van der Waals surface area contributed by atoms with E-state index in [1.165, 1.54) is 32.6 Å². The van der Waals surface area contributed by atoms with Crippen LogP contribution in [-0.4, -0.2) is 17.7 Å². The summed E-state index contributed by atoms with van der Waals surface area (Å²) in [6, 6.07) is 8.90. The second kappa shape index (κ2) is 8.75. The second-order valence-electron chi connectivity index (χ2n) is 5.34. The zero-order valence-corrected chi connectivity index (χ0v) is 12.6. The fraction of sp³-hybridized carbons (Fsp3) is 0.588. The summed E-state index contributed by atoms with van der Waals surface area (Å²) in [6.07, 6.45) is 6.85. The molecule has 1 aromatic rings. The summed E-state index contributed by atoms with van der Waals surface area (Å²) < 4.78 is 5.18. The van der Waals surface area contributed by atoms with Gasteiger partial charge in [0.05, 0.1) is 6.61 Å². The van der Waals surface area contributed by atoms with Crippen molar-refractivity contribution in [1.29, 1.82) is 0 Å². The minimum Gasteiger partial charge on any atom is -0.463 e. The Morgan fingerprint density at radius 2 is 1.70 bits per heavy atom. The molecule has 0 heterocycles. The molecule has 0 aliphatic carbocycles. The van der Waals surface area contributed by atoms with E-state index in [1.54, 1.807) is 24.3 Å². The Morgan fingerprint density at radius 1 is 1.10 bits per heavy atom. The molecule has 3 nitrogen and oxygen atoms in total. The van der Waals surface area contributed by atoms with Gasteiger partial charge in [-0.1, -0.05) is 69.4 Å². The van der Waals surface area contributed by atoms with E-state index >= 15 is 0 Å². The van der Waals surface area contributed by atoms with Crippen molar-refractivity contribution in [3.05, 3.63) is 35.9 Å². The van der Waals surface area contributed by atoms with E-state index in [-0.39, 0.29) is 0 Å². The van der Waals surface area contributed by atoms with Crippen LogP contribution in [0.5, 0.6) is 0 Å². The van der Waals surface area contributed by atoms with E-state index < -0.39 is 11.6 Å². The normalized spacial score (nSPS) is 13.8. The van der Waals surface area contributed by atoms with Crippen LogP contribution in [0.4, 0.5) is 0 Å². The van der Waals surface area contributed by atoms with E-state index in [2.05, 4.69) is 6.92 Å². The molecule has 3 heteroatoms. The molecule has 0 fully saturated rings. The molecule has 1 aromatic carbocycles. The number of unbranched alkanes of at least 4 members (excludes halogenated alkanes) is 5. The van der Waals surface area contributed by atoms with Crippen LogP contribution in [0, 0.1) is 0 Å². The van der Waals surface area contributed by atoms with Crippen LogP contribution in [0.2, 0.25) is 0 Å². The van der Waals surface area contributed by atoms with Crippen LogP contribution in [0.3, 0.4) is 0 Å². The quantitative estimate of drug-likeness (QED) is 0.552. The highest BCUT2D eigenvalue weighted by molar-refractivity contribution is 5.80. The lowest BCUT2D eigenvalue weighted by atomic mass is 9.96. The summed E-state index contributed by atoms with van der Waals surface area (Å²) in [5, 5.41) is 10.3. The Morgan fingerprint density at radius 3 is 2.35 bits per heavy atom. The molecule has 0 saturated heterocycles. The van der Waals surface area contributed by atoms with Gasteiger partial charge in [0.15, 0.2) is 5.60 Å². The number of benzene rings is 1. The smallest absolute Gasteiger partial charge is 0.342 e. The molecule has 0 aliphatic rings. The van der Waals surface area contributed by atoms with Crippen LogP contribution in [0.25, 0.3) is 0 Å². The molecule has 1 atom stereocenters. The summed E-state index contributed by atoms with van der Waals surface area (Å²) in [7, 11) is 0. The van der Waals surface area contributed by atoms with Gasteiger partial charge in [-0.25, -0.2) is 4.79 Å². The van der Waals surface area contributed by atoms with Crippen molar-refractivity contribution in [2.24, 2.45) is 0 Å². The van der Waals surface area contributed by atoms with Gasteiger partial charge in [0.1, 0.15) is 0 Å². The second-order valence-corrected chi connectivity index (χ2v) is 5.34. The minimum atomic E-state index is -1.57. The minimum absolute atomic E-state index is 0.383. The molecular weight excluding hydrogens is 252 g/mol. The number of ether oxygens (including phenoxy) is 1. The fourth-order valence-corrected chi connectivity index (χ4v) is 2.07. The highest BCUT2D eigenvalue weighted by Crippen LogP contribution is 2.21. The third-order valence-corrected chi connectivity index (χ3v) is 3.46. The predicted molar refractivity (Wildman–Crippen MR) is 80.3 cm³/mol. The molecule has 0 aliphatic heterocycles. The predicted octanol–water partition coefficient (Wildman–Crippen LogP) is 3.80. The van der Waals surface area contributed by atoms with E-state index in [9.17, 15) is 9.90 Å². The number of carbonyl (C=O) groups is 1. The third-order valence-electron chi connectivity index (χ3n) is 3.46. The Bertz CT molecular complexity index is 384. The van der Waals surface area contributed by atoms with E-state index in [4.69, 9.17) is 4.74 Å². The van der Waals surface area contributed by atoms with Crippen LogP contribution in [0.15, 0.2) is 30.3 Å². The Labute approximate surface area is 122 Å². The summed E-state index contributed by atoms with van der Waals surface area (Å²) in [6.45, 7) is 4.05. The van der Waals surface area contributed by atoms with E-state index in [0.717, 1.165) is 12.8 Å². The maximum Gasteiger partial charge on any atom is 0.342 e. The molecule has 1 N–H and O–H groups in total. The molecule has 0 spiro atoms. The molecule has 20 heavy (non-hydrogen) atoms. The van der Waals surface area contributed by atoms with Crippen molar-refractivity contribution in [2.45, 2.75) is 58.0 Å². The molecule has 0 aromatic heterocycles. The maximum atomic E-state index is 11.9. The first-order valence-corrected chi connectivity index (χ1v) is 7.54. The Kier molecular flexibility index (Phi) is 7.31. The molecule has 0 saturated carbocycles. The summed E-state index contributed by atoms with van der Waals surface area (Å²) in [5.74, 6) is -0.572. The van der Waals surface area contributed by atoms with Gasteiger partial charge >= 0.3 is 5.97 Å². The van der Waals surface area contributed by atoms with E-state index in [1.807, 2.05) is 6.07 Å². The lowest BCUT2D eigenvalue weighted by Crippen LogP contribution is -2.34. The number of aliphatic hydroxyl groups is 1. The van der Waals surface area contributed by atoms with Gasteiger partial charge in [-0.3, -0.25) is 0 Å². The monoisotopic (exact) mass is 278 g/mol. The van der Waals surface area contributed by atoms with Gasteiger partial charge in [-0.2, -0.15) is 0 Å². The topological polar surface area (TPSA) is 46.5 Å². The fourth-order valence-electron chi connectivity index (χ4n) is 2.07. The summed E-state index contributed by atoms with van der Waals surface area (Å²) in [5.41, 5.74) is -1.00. The number of esters is 1. The number of hydrogen-bond donors (Lipinski definition) is 1. The highest BCUT2D eigenvalue weighted by atomic mass is 16.5. The van der Waals surface area contributed by atoms with Gasteiger partial charge in [-0.05, 0) is 18.9 Å². The molecule has 112 valence electrons. The lowest BCUT2D eigenvalue weighted by Gasteiger charge is -2.21. The molecule has 0 amide bonds. The zero-order valence-electron chi connectivity index (χ0n) is 12.6. The standard InChI is InChI=1S/C17H26O3/c1-3-4-5-6-7-11-14-20-16(18)17(2,19)15-12-9-8-10-13-15/h8-10,12-13,19H,3-7,11,14H2,1-2H3. The molecule has 1 rings (SSSR count). The average Bonchev–Trinajstić information content (AvgIpc) is 2.47. The molecular formula is C17H26O3. The van der Waals surface area contributed by atoms with Gasteiger partial charge in [-0.15, -0.1) is 0 Å². The Balaban J connectivity index is 2.28. The van der Waals surface area contributed by atoms with Gasteiger partial charge in [0, 0.05) is 0 Å². The first-order chi connectivity index (χ1) is 9.59. The van der Waals surface area contributed by atoms with Crippen LogP contribution in [0.1, 0.15) is 57.9 Å². The third kappa shape index (κ3) is 5.33.